The van der Waals surface area contributed by atoms with Gasteiger partial charge in [0.15, 0.2) is 0 Å². The molecule has 0 aromatic carbocycles. The lowest BCUT2D eigenvalue weighted by Crippen LogP contribution is -2.32. The molecule has 1 atom stereocenters. The van der Waals surface area contributed by atoms with Crippen LogP contribution in [0.4, 0.5) is 5.13 Å². The monoisotopic (exact) mass is 320 g/mol. The van der Waals surface area contributed by atoms with Gasteiger partial charge in [-0.2, -0.15) is 0 Å². The van der Waals surface area contributed by atoms with Gasteiger partial charge in [0.2, 0.25) is 5.13 Å². The molecule has 0 saturated carbocycles. The Morgan fingerprint density at radius 2 is 2.45 bits per heavy atom. The molecule has 1 amide bonds. The molecule has 22 heavy (non-hydrogen) atoms. The maximum atomic E-state index is 12.6. The summed E-state index contributed by atoms with van der Waals surface area (Å²) in [6.07, 6.45) is 3.70. The van der Waals surface area contributed by atoms with Crippen molar-refractivity contribution in [3.05, 3.63) is 39.3 Å². The predicted octanol–water partition coefficient (Wildman–Crippen LogP) is 1.44. The van der Waals surface area contributed by atoms with Crippen LogP contribution < -0.4 is 10.9 Å². The second kappa shape index (κ2) is 6.37. The third kappa shape index (κ3) is 3.07. The Balaban J connectivity index is 1.86. The van der Waals surface area contributed by atoms with Crippen LogP contribution in [0.1, 0.15) is 28.8 Å². The van der Waals surface area contributed by atoms with Crippen molar-refractivity contribution in [1.82, 2.24) is 14.8 Å². The number of anilines is 1. The third-order valence-corrected chi connectivity index (χ3v) is 4.21. The van der Waals surface area contributed by atoms with Crippen LogP contribution in [0.25, 0.3) is 0 Å². The highest BCUT2D eigenvalue weighted by Crippen LogP contribution is 2.14. The van der Waals surface area contributed by atoms with Gasteiger partial charge in [-0.1, -0.05) is 11.3 Å². The second-order valence-corrected chi connectivity index (χ2v) is 6.00. The molecule has 1 aliphatic heterocycles. The first-order chi connectivity index (χ1) is 10.6. The fourth-order valence-corrected chi connectivity index (χ4v) is 2.92. The molecule has 0 radical (unpaired) electrons. The number of rotatable bonds is 4. The summed E-state index contributed by atoms with van der Waals surface area (Å²) in [6, 6.07) is 1.77. The summed E-state index contributed by atoms with van der Waals surface area (Å²) in [4.78, 5) is 24.9. The summed E-state index contributed by atoms with van der Waals surface area (Å²) in [5.41, 5.74) is 1.98. The topological polar surface area (TPSA) is 86.1 Å². The van der Waals surface area contributed by atoms with E-state index in [1.165, 1.54) is 21.4 Å². The van der Waals surface area contributed by atoms with E-state index >= 15 is 0 Å². The van der Waals surface area contributed by atoms with Gasteiger partial charge in [0.05, 0.1) is 12.6 Å². The van der Waals surface area contributed by atoms with Crippen molar-refractivity contribution >= 4 is 22.4 Å². The molecule has 1 N–H and O–H groups in total. The highest BCUT2D eigenvalue weighted by molar-refractivity contribution is 7.13. The lowest BCUT2D eigenvalue weighted by atomic mass is 10.1. The van der Waals surface area contributed by atoms with Gasteiger partial charge in [0.25, 0.3) is 11.5 Å². The quantitative estimate of drug-likeness (QED) is 0.921. The first-order valence-corrected chi connectivity index (χ1v) is 7.92. The number of pyridine rings is 1. The average molecular weight is 320 g/mol. The Morgan fingerprint density at radius 1 is 1.59 bits per heavy atom. The number of ether oxygens (including phenoxy) is 1. The average Bonchev–Trinajstić information content (AvgIpc) is 3.15. The molecule has 1 saturated heterocycles. The smallest absolute Gasteiger partial charge is 0.263 e. The van der Waals surface area contributed by atoms with E-state index in [-0.39, 0.29) is 17.2 Å². The largest absolute Gasteiger partial charge is 0.376 e. The zero-order valence-corrected chi connectivity index (χ0v) is 12.9. The van der Waals surface area contributed by atoms with Crippen LogP contribution in [0.2, 0.25) is 0 Å². The first kappa shape index (κ1) is 14.9. The van der Waals surface area contributed by atoms with Crippen LogP contribution in [-0.2, 0) is 11.3 Å². The van der Waals surface area contributed by atoms with E-state index in [9.17, 15) is 9.59 Å². The number of hydrogen-bond donors (Lipinski definition) is 1. The standard InChI is InChI=1S/C14H16N4O3S/c1-9-4-5-18(7-10-3-2-6-21-10)13(20)11(9)12(19)16-14-17-15-8-22-14/h4-5,8,10H,2-3,6-7H2,1H3,(H,16,17,19). The van der Waals surface area contributed by atoms with Crippen molar-refractivity contribution in [3.63, 3.8) is 0 Å². The van der Waals surface area contributed by atoms with Crippen LogP contribution in [0.5, 0.6) is 0 Å². The predicted molar refractivity (Wildman–Crippen MR) is 82.3 cm³/mol. The summed E-state index contributed by atoms with van der Waals surface area (Å²) >= 11 is 1.20. The molecule has 7 nitrogen and oxygen atoms in total. The Bertz CT molecular complexity index is 720. The van der Waals surface area contributed by atoms with E-state index < -0.39 is 5.91 Å². The van der Waals surface area contributed by atoms with Crippen molar-refractivity contribution < 1.29 is 9.53 Å². The normalized spacial score (nSPS) is 17.6. The summed E-state index contributed by atoms with van der Waals surface area (Å²) in [5.74, 6) is -0.457. The molecule has 8 heteroatoms. The van der Waals surface area contributed by atoms with Crippen LogP contribution in [0.3, 0.4) is 0 Å². The Labute approximate surface area is 131 Å². The maximum absolute atomic E-state index is 12.6. The summed E-state index contributed by atoms with van der Waals surface area (Å²) in [5, 5.41) is 10.4. The van der Waals surface area contributed by atoms with Crippen molar-refractivity contribution in [1.29, 1.82) is 0 Å². The second-order valence-electron chi connectivity index (χ2n) is 5.16. The molecular formula is C14H16N4O3S. The number of aryl methyl sites for hydroxylation is 1. The van der Waals surface area contributed by atoms with Crippen LogP contribution in [-0.4, -0.2) is 33.4 Å². The van der Waals surface area contributed by atoms with Gasteiger partial charge in [-0.15, -0.1) is 10.2 Å². The first-order valence-electron chi connectivity index (χ1n) is 7.04. The minimum absolute atomic E-state index is 0.0412. The summed E-state index contributed by atoms with van der Waals surface area (Å²) < 4.78 is 7.09. The van der Waals surface area contributed by atoms with E-state index in [1.54, 1.807) is 19.2 Å². The number of carbonyl (C=O) groups is 1. The molecule has 2 aromatic heterocycles. The molecule has 3 rings (SSSR count). The zero-order chi connectivity index (χ0) is 15.5. The molecule has 1 aliphatic rings. The summed E-state index contributed by atoms with van der Waals surface area (Å²) in [6.45, 7) is 2.95. The number of amides is 1. The fraction of sp³-hybridized carbons (Fsp3) is 0.429. The van der Waals surface area contributed by atoms with Gasteiger partial charge < -0.3 is 9.30 Å². The van der Waals surface area contributed by atoms with Crippen molar-refractivity contribution in [2.75, 3.05) is 11.9 Å². The minimum atomic E-state index is -0.457. The van der Waals surface area contributed by atoms with Crippen LogP contribution >= 0.6 is 11.3 Å². The third-order valence-electron chi connectivity index (χ3n) is 3.61. The van der Waals surface area contributed by atoms with Crippen molar-refractivity contribution in [2.24, 2.45) is 0 Å². The molecule has 0 aliphatic carbocycles. The van der Waals surface area contributed by atoms with E-state index in [0.29, 0.717) is 17.2 Å². The maximum Gasteiger partial charge on any atom is 0.263 e. The molecule has 0 spiro atoms. The van der Waals surface area contributed by atoms with Gasteiger partial charge in [0.1, 0.15) is 11.1 Å². The fourth-order valence-electron chi connectivity index (χ4n) is 2.48. The molecule has 1 unspecified atom stereocenters. The molecule has 2 aromatic rings. The van der Waals surface area contributed by atoms with Crippen LogP contribution in [0.15, 0.2) is 22.6 Å². The number of hydrogen-bond acceptors (Lipinski definition) is 6. The van der Waals surface area contributed by atoms with Gasteiger partial charge >= 0.3 is 0 Å². The molecular weight excluding hydrogens is 304 g/mol. The van der Waals surface area contributed by atoms with Gasteiger partial charge in [-0.25, -0.2) is 0 Å². The van der Waals surface area contributed by atoms with E-state index in [4.69, 9.17) is 4.74 Å². The highest BCUT2D eigenvalue weighted by atomic mass is 32.1. The van der Waals surface area contributed by atoms with E-state index in [0.717, 1.165) is 19.4 Å². The number of nitrogens with zero attached hydrogens (tertiary/aromatic N) is 3. The van der Waals surface area contributed by atoms with E-state index in [2.05, 4.69) is 15.5 Å². The SMILES string of the molecule is Cc1ccn(CC2CCCO2)c(=O)c1C(=O)Nc1nncs1. The number of aromatic nitrogens is 3. The highest BCUT2D eigenvalue weighted by Gasteiger charge is 2.20. The summed E-state index contributed by atoms with van der Waals surface area (Å²) in [7, 11) is 0. The molecule has 3 heterocycles. The lowest BCUT2D eigenvalue weighted by Gasteiger charge is -2.14. The van der Waals surface area contributed by atoms with Crippen molar-refractivity contribution in [3.8, 4) is 0 Å². The number of nitrogens with one attached hydrogen (secondary N) is 1. The Hall–Kier alpha value is -2.06. The van der Waals surface area contributed by atoms with Crippen LogP contribution in [0, 0.1) is 6.92 Å². The lowest BCUT2D eigenvalue weighted by molar-refractivity contribution is 0.0952. The number of carbonyl (C=O) groups excluding carboxylic acids is 1. The molecule has 1 fully saturated rings. The van der Waals surface area contributed by atoms with Crippen molar-refractivity contribution in [2.45, 2.75) is 32.4 Å². The van der Waals surface area contributed by atoms with Gasteiger partial charge in [-0.05, 0) is 31.4 Å². The van der Waals surface area contributed by atoms with Gasteiger partial charge in [-0.3, -0.25) is 14.9 Å². The Morgan fingerprint density at radius 3 is 3.14 bits per heavy atom. The Kier molecular flexibility index (Phi) is 4.30. The molecule has 0 bridgehead atoms. The minimum Gasteiger partial charge on any atom is -0.376 e. The van der Waals surface area contributed by atoms with Gasteiger partial charge in [0, 0.05) is 12.8 Å². The zero-order valence-electron chi connectivity index (χ0n) is 12.1. The van der Waals surface area contributed by atoms with E-state index in [1.807, 2.05) is 0 Å². The molecule has 116 valence electrons.